The van der Waals surface area contributed by atoms with Crippen molar-refractivity contribution in [1.82, 2.24) is 9.80 Å². The quantitative estimate of drug-likeness (QED) is 0.463. The van der Waals surface area contributed by atoms with Gasteiger partial charge in [0.15, 0.2) is 0 Å². The summed E-state index contributed by atoms with van der Waals surface area (Å²) >= 11 is 0. The summed E-state index contributed by atoms with van der Waals surface area (Å²) in [6, 6.07) is -0.0953. The monoisotopic (exact) mass is 230 g/mol. The van der Waals surface area contributed by atoms with Gasteiger partial charge in [0.25, 0.3) is 0 Å². The van der Waals surface area contributed by atoms with Gasteiger partial charge in [-0.3, -0.25) is 9.69 Å². The Bertz CT molecular complexity index is 193. The summed E-state index contributed by atoms with van der Waals surface area (Å²) in [6.07, 6.45) is 3.05. The number of likely N-dealkylation sites (N-methyl/N-ethyl adjacent to an activating group) is 1. The first-order chi connectivity index (χ1) is 7.49. The zero-order valence-electron chi connectivity index (χ0n) is 11.3. The molecule has 4 heteroatoms. The van der Waals surface area contributed by atoms with E-state index in [1.54, 1.807) is 0 Å². The second-order valence-corrected chi connectivity index (χ2v) is 4.53. The van der Waals surface area contributed by atoms with Crippen LogP contribution in [0.4, 0.5) is 0 Å². The predicted molar refractivity (Wildman–Crippen MR) is 66.5 cm³/mol. The molecule has 0 spiro atoms. The van der Waals surface area contributed by atoms with Gasteiger partial charge in [-0.05, 0) is 54.5 Å². The molecule has 1 atom stereocenters. The third-order valence-electron chi connectivity index (χ3n) is 2.51. The lowest BCUT2D eigenvalue weighted by Gasteiger charge is -2.22. The van der Waals surface area contributed by atoms with Crippen molar-refractivity contribution in [1.29, 1.82) is 0 Å². The molecule has 0 saturated carbocycles. The minimum atomic E-state index is -0.0997. The molecule has 0 aromatic rings. The Hall–Kier alpha value is -0.610. The van der Waals surface area contributed by atoms with Crippen LogP contribution in [-0.2, 0) is 9.53 Å². The van der Waals surface area contributed by atoms with Crippen LogP contribution in [0.15, 0.2) is 0 Å². The van der Waals surface area contributed by atoms with E-state index >= 15 is 0 Å². The highest BCUT2D eigenvalue weighted by Gasteiger charge is 2.21. The molecule has 0 heterocycles. The van der Waals surface area contributed by atoms with E-state index in [-0.39, 0.29) is 12.0 Å². The standard InChI is InChI=1S/C12H26N2O2/c1-6-16-12(15)11(14(4)5)9-7-8-10-13(2)3/h11H,6-10H2,1-5H3. The first-order valence-corrected chi connectivity index (χ1v) is 5.96. The maximum atomic E-state index is 11.6. The average molecular weight is 230 g/mol. The summed E-state index contributed by atoms with van der Waals surface area (Å²) in [5.74, 6) is -0.0997. The maximum Gasteiger partial charge on any atom is 0.323 e. The van der Waals surface area contributed by atoms with E-state index in [9.17, 15) is 4.79 Å². The van der Waals surface area contributed by atoms with Crippen LogP contribution in [0.2, 0.25) is 0 Å². The van der Waals surface area contributed by atoms with E-state index in [1.165, 1.54) is 0 Å². The molecule has 4 nitrogen and oxygen atoms in total. The molecule has 96 valence electrons. The second kappa shape index (κ2) is 8.53. The summed E-state index contributed by atoms with van der Waals surface area (Å²) in [6.45, 7) is 3.38. The van der Waals surface area contributed by atoms with Crippen LogP contribution < -0.4 is 0 Å². The molecular formula is C12H26N2O2. The highest BCUT2D eigenvalue weighted by Crippen LogP contribution is 2.08. The van der Waals surface area contributed by atoms with Crippen molar-refractivity contribution >= 4 is 5.97 Å². The minimum Gasteiger partial charge on any atom is -0.465 e. The van der Waals surface area contributed by atoms with Crippen LogP contribution >= 0.6 is 0 Å². The number of esters is 1. The lowest BCUT2D eigenvalue weighted by molar-refractivity contribution is -0.148. The molecule has 0 aliphatic rings. The van der Waals surface area contributed by atoms with Crippen molar-refractivity contribution in [3.63, 3.8) is 0 Å². The number of nitrogens with zero attached hydrogens (tertiary/aromatic N) is 2. The first kappa shape index (κ1) is 15.4. The Morgan fingerprint density at radius 2 is 1.81 bits per heavy atom. The number of rotatable bonds is 8. The largest absolute Gasteiger partial charge is 0.465 e. The third kappa shape index (κ3) is 6.80. The molecule has 0 N–H and O–H groups in total. The molecular weight excluding hydrogens is 204 g/mol. The summed E-state index contributed by atoms with van der Waals surface area (Å²) < 4.78 is 5.05. The van der Waals surface area contributed by atoms with E-state index < -0.39 is 0 Å². The van der Waals surface area contributed by atoms with Gasteiger partial charge in [0.2, 0.25) is 0 Å². The minimum absolute atomic E-state index is 0.0953. The lowest BCUT2D eigenvalue weighted by atomic mass is 10.1. The Morgan fingerprint density at radius 1 is 1.19 bits per heavy atom. The van der Waals surface area contributed by atoms with E-state index in [0.29, 0.717) is 6.61 Å². The van der Waals surface area contributed by atoms with Crippen molar-refractivity contribution in [3.8, 4) is 0 Å². The maximum absolute atomic E-state index is 11.6. The van der Waals surface area contributed by atoms with Crippen LogP contribution in [0.1, 0.15) is 26.2 Å². The lowest BCUT2D eigenvalue weighted by Crippen LogP contribution is -2.37. The topological polar surface area (TPSA) is 32.8 Å². The van der Waals surface area contributed by atoms with E-state index in [4.69, 9.17) is 4.74 Å². The van der Waals surface area contributed by atoms with Gasteiger partial charge >= 0.3 is 5.97 Å². The van der Waals surface area contributed by atoms with E-state index in [2.05, 4.69) is 19.0 Å². The number of carbonyl (C=O) groups is 1. The fraction of sp³-hybridized carbons (Fsp3) is 0.917. The Morgan fingerprint density at radius 3 is 2.25 bits per heavy atom. The molecule has 0 aliphatic carbocycles. The van der Waals surface area contributed by atoms with Gasteiger partial charge in [-0.2, -0.15) is 0 Å². The normalized spacial score (nSPS) is 13.2. The smallest absolute Gasteiger partial charge is 0.323 e. The molecule has 0 aliphatic heterocycles. The van der Waals surface area contributed by atoms with Crippen molar-refractivity contribution in [2.45, 2.75) is 32.2 Å². The summed E-state index contributed by atoms with van der Waals surface area (Å²) in [5, 5.41) is 0. The van der Waals surface area contributed by atoms with Crippen LogP contribution in [-0.4, -0.2) is 63.2 Å². The zero-order chi connectivity index (χ0) is 12.6. The second-order valence-electron chi connectivity index (χ2n) is 4.53. The van der Waals surface area contributed by atoms with Crippen LogP contribution in [0, 0.1) is 0 Å². The predicted octanol–water partition coefficient (Wildman–Crippen LogP) is 1.21. The van der Waals surface area contributed by atoms with Gasteiger partial charge in [-0.15, -0.1) is 0 Å². The SMILES string of the molecule is CCOC(=O)C(CCCCN(C)C)N(C)C. The van der Waals surface area contributed by atoms with Gasteiger partial charge in [0.1, 0.15) is 6.04 Å². The van der Waals surface area contributed by atoms with Crippen LogP contribution in [0.5, 0.6) is 0 Å². The first-order valence-electron chi connectivity index (χ1n) is 5.96. The van der Waals surface area contributed by atoms with Crippen molar-refractivity contribution in [2.75, 3.05) is 41.3 Å². The third-order valence-corrected chi connectivity index (χ3v) is 2.51. The van der Waals surface area contributed by atoms with Gasteiger partial charge in [-0.25, -0.2) is 0 Å². The highest BCUT2D eigenvalue weighted by atomic mass is 16.5. The van der Waals surface area contributed by atoms with Crippen LogP contribution in [0.25, 0.3) is 0 Å². The van der Waals surface area contributed by atoms with Gasteiger partial charge in [-0.1, -0.05) is 6.42 Å². The summed E-state index contributed by atoms with van der Waals surface area (Å²) in [7, 11) is 7.98. The Kier molecular flexibility index (Phi) is 8.21. The van der Waals surface area contributed by atoms with Crippen molar-refractivity contribution in [3.05, 3.63) is 0 Å². The van der Waals surface area contributed by atoms with E-state index in [0.717, 1.165) is 25.8 Å². The summed E-state index contributed by atoms with van der Waals surface area (Å²) in [4.78, 5) is 15.7. The molecule has 0 rings (SSSR count). The molecule has 16 heavy (non-hydrogen) atoms. The fourth-order valence-electron chi connectivity index (χ4n) is 1.59. The number of ether oxygens (including phenoxy) is 1. The molecule has 0 aromatic carbocycles. The number of hydrogen-bond donors (Lipinski definition) is 0. The van der Waals surface area contributed by atoms with Crippen molar-refractivity contribution < 1.29 is 9.53 Å². The number of unbranched alkanes of at least 4 members (excludes halogenated alkanes) is 1. The zero-order valence-corrected chi connectivity index (χ0v) is 11.3. The number of carbonyl (C=O) groups excluding carboxylic acids is 1. The molecule has 0 amide bonds. The van der Waals surface area contributed by atoms with Crippen molar-refractivity contribution in [2.24, 2.45) is 0 Å². The van der Waals surface area contributed by atoms with Gasteiger partial charge in [0, 0.05) is 0 Å². The van der Waals surface area contributed by atoms with E-state index in [1.807, 2.05) is 25.9 Å². The molecule has 0 saturated heterocycles. The van der Waals surface area contributed by atoms with Gasteiger partial charge in [0.05, 0.1) is 6.61 Å². The highest BCUT2D eigenvalue weighted by molar-refractivity contribution is 5.75. The molecule has 0 radical (unpaired) electrons. The molecule has 1 unspecified atom stereocenters. The van der Waals surface area contributed by atoms with Gasteiger partial charge < -0.3 is 9.64 Å². The Labute approximate surface area is 99.5 Å². The molecule has 0 aromatic heterocycles. The van der Waals surface area contributed by atoms with Crippen LogP contribution in [0.3, 0.4) is 0 Å². The fourth-order valence-corrected chi connectivity index (χ4v) is 1.59. The summed E-state index contributed by atoms with van der Waals surface area (Å²) in [5.41, 5.74) is 0. The number of hydrogen-bond acceptors (Lipinski definition) is 4. The average Bonchev–Trinajstić information content (AvgIpc) is 2.16. The molecule has 0 fully saturated rings. The Balaban J connectivity index is 3.90. The molecule has 0 bridgehead atoms.